The molecule has 2 aliphatic rings. The molecule has 8 rings (SSSR count). The molecule has 1 atom stereocenters. The fourth-order valence-corrected chi connectivity index (χ4v) is 11.8. The molecule has 392 valence electrons. The van der Waals surface area contributed by atoms with Crippen molar-refractivity contribution in [3.8, 4) is 0 Å². The lowest BCUT2D eigenvalue weighted by Crippen LogP contribution is -2.06. The molecule has 0 fully saturated rings. The Morgan fingerprint density at radius 2 is 0.875 bits per heavy atom. The normalized spacial score (nSPS) is 14.0. The van der Waals surface area contributed by atoms with Crippen molar-refractivity contribution in [1.29, 1.82) is 0 Å². The zero-order valence-corrected chi connectivity index (χ0v) is 49.6. The Kier molecular flexibility index (Phi) is 24.6. The summed E-state index contributed by atoms with van der Waals surface area (Å²) in [5.41, 5.74) is 20.4. The Morgan fingerprint density at radius 3 is 1.46 bits per heavy atom. The van der Waals surface area contributed by atoms with Crippen LogP contribution in [0.4, 0.5) is 0 Å². The molecule has 6 aromatic carbocycles. The summed E-state index contributed by atoms with van der Waals surface area (Å²) < 4.78 is 0. The molecule has 0 aliphatic heterocycles. The van der Waals surface area contributed by atoms with Crippen LogP contribution >= 0.6 is 0 Å². The Hall–Kier alpha value is -4.42. The van der Waals surface area contributed by atoms with Crippen molar-refractivity contribution in [3.63, 3.8) is 0 Å². The highest BCUT2D eigenvalue weighted by Gasteiger charge is 2.28. The number of hydrogen-bond acceptors (Lipinski definition) is 0. The van der Waals surface area contributed by atoms with Crippen LogP contribution in [0.15, 0.2) is 115 Å². The molecular weight excluding hydrogens is 865 g/mol. The van der Waals surface area contributed by atoms with Crippen LogP contribution in [0.5, 0.6) is 0 Å². The van der Waals surface area contributed by atoms with Crippen LogP contribution in [0.2, 0.25) is 0 Å². The van der Waals surface area contributed by atoms with Gasteiger partial charge in [0.15, 0.2) is 0 Å². The molecular formula is C72H104. The van der Waals surface area contributed by atoms with E-state index in [4.69, 9.17) is 0 Å². The van der Waals surface area contributed by atoms with Gasteiger partial charge in [0.2, 0.25) is 0 Å². The van der Waals surface area contributed by atoms with Gasteiger partial charge in [-0.05, 0) is 207 Å². The van der Waals surface area contributed by atoms with E-state index in [0.717, 1.165) is 23.7 Å². The molecule has 0 radical (unpaired) electrons. The zero-order valence-electron chi connectivity index (χ0n) is 49.6. The third-order valence-electron chi connectivity index (χ3n) is 15.0. The number of benzene rings is 6. The molecule has 0 saturated carbocycles. The molecule has 6 aromatic rings. The molecule has 2 aliphatic carbocycles. The molecule has 0 saturated heterocycles. The van der Waals surface area contributed by atoms with Crippen LogP contribution < -0.4 is 0 Å². The first-order valence-electron chi connectivity index (χ1n) is 29.0. The second kappa shape index (κ2) is 29.5. The summed E-state index contributed by atoms with van der Waals surface area (Å²) in [7, 11) is 0. The molecule has 0 N–H and O–H groups in total. The van der Waals surface area contributed by atoms with E-state index in [-0.39, 0.29) is 0 Å². The predicted molar refractivity (Wildman–Crippen MR) is 323 cm³/mol. The molecule has 0 nitrogen and oxygen atoms in total. The van der Waals surface area contributed by atoms with Gasteiger partial charge in [0.1, 0.15) is 0 Å². The van der Waals surface area contributed by atoms with Crippen LogP contribution in [0.3, 0.4) is 0 Å². The smallest absolute Gasteiger partial charge is 0.0130 e. The summed E-state index contributed by atoms with van der Waals surface area (Å²) in [6, 6.07) is 42.5. The van der Waals surface area contributed by atoms with E-state index in [2.05, 4.69) is 247 Å². The maximum absolute atomic E-state index is 2.36. The van der Waals surface area contributed by atoms with Crippen molar-refractivity contribution in [2.75, 3.05) is 0 Å². The van der Waals surface area contributed by atoms with E-state index in [9.17, 15) is 0 Å². The molecule has 72 heavy (non-hydrogen) atoms. The molecule has 0 amide bonds. The largest absolute Gasteiger partial charge is 0.0625 e. The van der Waals surface area contributed by atoms with Crippen LogP contribution in [0, 0.1) is 30.6 Å². The van der Waals surface area contributed by atoms with E-state index >= 15 is 0 Å². The Bertz CT molecular complexity index is 2510. The van der Waals surface area contributed by atoms with Crippen LogP contribution in [0.1, 0.15) is 252 Å². The van der Waals surface area contributed by atoms with Crippen molar-refractivity contribution in [2.24, 2.45) is 23.7 Å². The van der Waals surface area contributed by atoms with E-state index < -0.39 is 0 Å². The predicted octanol–water partition coefficient (Wildman–Crippen LogP) is 21.7. The van der Waals surface area contributed by atoms with Gasteiger partial charge < -0.3 is 0 Å². The Labute approximate surface area is 444 Å². The zero-order chi connectivity index (χ0) is 53.2. The highest BCUT2D eigenvalue weighted by molar-refractivity contribution is 5.87. The second-order valence-corrected chi connectivity index (χ2v) is 24.8. The maximum atomic E-state index is 2.36. The molecule has 0 heteroatoms. The van der Waals surface area contributed by atoms with Crippen LogP contribution in [0.25, 0.3) is 10.8 Å². The summed E-state index contributed by atoms with van der Waals surface area (Å²) >= 11 is 0. The third-order valence-corrected chi connectivity index (χ3v) is 15.0. The van der Waals surface area contributed by atoms with Crippen molar-refractivity contribution in [2.45, 2.75) is 225 Å². The number of hydrogen-bond donors (Lipinski definition) is 0. The highest BCUT2D eigenvalue weighted by atomic mass is 14.3. The molecule has 1 unspecified atom stereocenters. The van der Waals surface area contributed by atoms with Crippen LogP contribution in [-0.4, -0.2) is 0 Å². The SMILES string of the molecule is CC(C)Cc1ccc2ccccc2c1C(C)C.CC(C)Cc1ccccc1C(C)C.CC(C)c1cccc2c1C(C(C)C)CC2.CC(C)c1cccc2c1CCCC2.Cc1cccc(CC(C)C)c1C(C)C. The van der Waals surface area contributed by atoms with Gasteiger partial charge in [0, 0.05) is 0 Å². The quantitative estimate of drug-likeness (QED) is 0.115. The van der Waals surface area contributed by atoms with E-state index in [0.29, 0.717) is 35.5 Å². The fraction of sp³-hybridized carbons (Fsp3) is 0.528. The van der Waals surface area contributed by atoms with Crippen molar-refractivity contribution >= 4 is 10.8 Å². The summed E-state index contributed by atoms with van der Waals surface area (Å²) in [6.07, 6.45) is 11.6. The first-order valence-corrected chi connectivity index (χ1v) is 29.0. The van der Waals surface area contributed by atoms with Gasteiger partial charge in [-0.2, -0.15) is 0 Å². The minimum Gasteiger partial charge on any atom is -0.0625 e. The lowest BCUT2D eigenvalue weighted by atomic mass is 9.84. The topological polar surface area (TPSA) is 0 Å². The maximum Gasteiger partial charge on any atom is -0.0130 e. The van der Waals surface area contributed by atoms with Gasteiger partial charge in [0.25, 0.3) is 0 Å². The number of fused-ring (bicyclic) bond motifs is 3. The fourth-order valence-electron chi connectivity index (χ4n) is 11.8. The highest BCUT2D eigenvalue weighted by Crippen LogP contribution is 2.42. The second-order valence-electron chi connectivity index (χ2n) is 24.8. The van der Waals surface area contributed by atoms with Gasteiger partial charge in [0.05, 0.1) is 0 Å². The van der Waals surface area contributed by atoms with Crippen molar-refractivity contribution in [3.05, 3.63) is 188 Å². The number of rotatable bonds is 12. The van der Waals surface area contributed by atoms with Gasteiger partial charge in [-0.15, -0.1) is 0 Å². The van der Waals surface area contributed by atoms with E-state index in [1.807, 2.05) is 0 Å². The van der Waals surface area contributed by atoms with Gasteiger partial charge in [-0.3, -0.25) is 0 Å². The molecule has 0 aromatic heterocycles. The minimum atomic E-state index is 0.592. The van der Waals surface area contributed by atoms with E-state index in [1.165, 1.54) is 102 Å². The standard InChI is InChI=1S/C17H22.C15H22.C14H22.C13H18.C13H20/c1-12(2)11-15-10-9-14-7-5-6-8-16(14)17(15)13(3)4;1-10(2)13-7-5-6-12-8-9-14(11(3)4)15(12)13;1-10(2)9-13-8-6-7-12(5)14(13)11(3)4;1-10(2)12-9-5-7-11-6-3-4-8-13(11)12;1-10(2)9-12-7-5-6-8-13(12)11(3)4/h5-10,12-13H,11H2,1-4H3;5-7,10-11,14H,8-9H2,1-4H3;6-8,10-11H,9H2,1-5H3;5,7,9-10H,3-4,6,8H2,1-2H3;5-8,10-11H,9H2,1-4H3. The summed E-state index contributed by atoms with van der Waals surface area (Å²) in [6.45, 7) is 43.5. The Morgan fingerprint density at radius 1 is 0.389 bits per heavy atom. The van der Waals surface area contributed by atoms with Gasteiger partial charge in [-0.1, -0.05) is 240 Å². The molecule has 0 bridgehead atoms. The van der Waals surface area contributed by atoms with Gasteiger partial charge >= 0.3 is 0 Å². The minimum absolute atomic E-state index is 0.592. The summed E-state index contributed by atoms with van der Waals surface area (Å²) in [4.78, 5) is 0. The van der Waals surface area contributed by atoms with Crippen LogP contribution in [-0.2, 0) is 38.5 Å². The average Bonchev–Trinajstić information content (AvgIpc) is 3.77. The van der Waals surface area contributed by atoms with Crippen molar-refractivity contribution in [1.82, 2.24) is 0 Å². The Balaban J connectivity index is 0.000000196. The first kappa shape index (κ1) is 60.1. The lowest BCUT2D eigenvalue weighted by molar-refractivity contribution is 0.492. The number of aryl methyl sites for hydroxylation is 3. The summed E-state index contributed by atoms with van der Waals surface area (Å²) in [5, 5.41) is 2.80. The average molecular weight is 970 g/mol. The van der Waals surface area contributed by atoms with E-state index in [1.54, 1.807) is 38.9 Å². The molecule has 0 spiro atoms. The lowest BCUT2D eigenvalue weighted by Gasteiger charge is -2.21. The first-order chi connectivity index (χ1) is 34.1. The molecule has 0 heterocycles. The monoisotopic (exact) mass is 969 g/mol. The third kappa shape index (κ3) is 17.6. The van der Waals surface area contributed by atoms with Gasteiger partial charge in [-0.25, -0.2) is 0 Å². The summed E-state index contributed by atoms with van der Waals surface area (Å²) in [5.74, 6) is 7.04. The van der Waals surface area contributed by atoms with Crippen molar-refractivity contribution < 1.29 is 0 Å².